The van der Waals surface area contributed by atoms with Crippen LogP contribution < -0.4 is 14.8 Å². The van der Waals surface area contributed by atoms with E-state index in [0.29, 0.717) is 33.2 Å². The molecule has 0 unspecified atom stereocenters. The molecule has 0 spiro atoms. The maximum absolute atomic E-state index is 13.1. The van der Waals surface area contributed by atoms with Crippen molar-refractivity contribution in [1.29, 1.82) is 0 Å². The highest BCUT2D eigenvalue weighted by atomic mass is 19.3. The van der Waals surface area contributed by atoms with Gasteiger partial charge in [0.2, 0.25) is 0 Å². The van der Waals surface area contributed by atoms with Crippen LogP contribution in [0.4, 0.5) is 14.5 Å². The van der Waals surface area contributed by atoms with Gasteiger partial charge in [-0.2, -0.15) is 8.78 Å². The Morgan fingerprint density at radius 1 is 1.00 bits per heavy atom. The molecule has 0 radical (unpaired) electrons. The van der Waals surface area contributed by atoms with Crippen molar-refractivity contribution in [1.82, 2.24) is 4.57 Å². The van der Waals surface area contributed by atoms with Crippen LogP contribution in [0, 0.1) is 6.92 Å². The number of rotatable bonds is 6. The molecular weight excluding hydrogens is 354 g/mol. The van der Waals surface area contributed by atoms with Gasteiger partial charge in [0.05, 0.1) is 7.11 Å². The molecule has 0 atom stereocenters. The number of methoxy groups -OCH3 is 1. The molecule has 0 saturated carbocycles. The number of carbonyl (C=O) groups is 1. The first-order valence-electron chi connectivity index (χ1n) is 8.18. The minimum atomic E-state index is -2.78. The highest BCUT2D eigenvalue weighted by Gasteiger charge is 2.19. The highest BCUT2D eigenvalue weighted by molar-refractivity contribution is 6.03. The fourth-order valence-corrected chi connectivity index (χ4v) is 2.63. The van der Waals surface area contributed by atoms with Crippen LogP contribution in [0.5, 0.6) is 17.2 Å². The summed E-state index contributed by atoms with van der Waals surface area (Å²) in [4.78, 5) is 12.3. The Bertz CT molecular complexity index is 937. The van der Waals surface area contributed by atoms with Gasteiger partial charge in [-0.1, -0.05) is 12.1 Å². The zero-order valence-electron chi connectivity index (χ0n) is 14.8. The van der Waals surface area contributed by atoms with E-state index in [1.165, 1.54) is 19.1 Å². The second-order valence-electron chi connectivity index (χ2n) is 5.74. The fourth-order valence-electron chi connectivity index (χ4n) is 2.63. The van der Waals surface area contributed by atoms with Gasteiger partial charge in [0.1, 0.15) is 11.4 Å². The Labute approximate surface area is 155 Å². The lowest BCUT2D eigenvalue weighted by Gasteiger charge is -2.12. The van der Waals surface area contributed by atoms with Gasteiger partial charge in [0.15, 0.2) is 11.5 Å². The number of hydrogen-bond acceptors (Lipinski definition) is 3. The summed E-state index contributed by atoms with van der Waals surface area (Å²) in [6.45, 7) is -1.26. The van der Waals surface area contributed by atoms with Gasteiger partial charge in [-0.25, -0.2) is 0 Å². The van der Waals surface area contributed by atoms with Gasteiger partial charge in [-0.15, -0.1) is 0 Å². The van der Waals surface area contributed by atoms with Crippen LogP contribution in [0.25, 0.3) is 0 Å². The van der Waals surface area contributed by atoms with Crippen molar-refractivity contribution >= 4 is 11.6 Å². The number of hydrogen-bond donors (Lipinski definition) is 1. The van der Waals surface area contributed by atoms with Crippen LogP contribution in [-0.2, 0) is 0 Å². The van der Waals surface area contributed by atoms with E-state index in [9.17, 15) is 13.6 Å². The molecule has 1 amide bonds. The first kappa shape index (κ1) is 18.4. The molecule has 0 aliphatic carbocycles. The molecule has 3 rings (SSSR count). The predicted octanol–water partition coefficient (Wildman–Crippen LogP) is 5.24. The van der Waals surface area contributed by atoms with Crippen LogP contribution in [-0.4, -0.2) is 17.6 Å². The molecular formula is C20H18F2N2O3. The maximum Gasteiger partial charge on any atom is 0.319 e. The van der Waals surface area contributed by atoms with Gasteiger partial charge in [-0.05, 0) is 55.5 Å². The fraction of sp³-hybridized carbons (Fsp3) is 0.150. The number of amides is 1. The lowest BCUT2D eigenvalue weighted by atomic mass is 10.2. The van der Waals surface area contributed by atoms with Crippen molar-refractivity contribution in [2.45, 2.75) is 13.5 Å². The average molecular weight is 372 g/mol. The number of alkyl halides is 2. The minimum absolute atomic E-state index is 0.100. The third-order valence-corrected chi connectivity index (χ3v) is 3.96. The van der Waals surface area contributed by atoms with Crippen molar-refractivity contribution in [3.05, 3.63) is 72.1 Å². The lowest BCUT2D eigenvalue weighted by Crippen LogP contribution is -2.18. The molecule has 27 heavy (non-hydrogen) atoms. The van der Waals surface area contributed by atoms with E-state index >= 15 is 0 Å². The molecule has 7 heteroatoms. The van der Waals surface area contributed by atoms with E-state index in [1.807, 2.05) is 12.1 Å². The Morgan fingerprint density at radius 2 is 1.67 bits per heavy atom. The summed E-state index contributed by atoms with van der Waals surface area (Å²) < 4.78 is 37.9. The summed E-state index contributed by atoms with van der Waals surface area (Å²) in [5, 5.41) is 2.61. The molecule has 1 heterocycles. The molecule has 0 fully saturated rings. The van der Waals surface area contributed by atoms with Crippen LogP contribution in [0.2, 0.25) is 0 Å². The Balaban J connectivity index is 1.72. The summed E-state index contributed by atoms with van der Waals surface area (Å²) >= 11 is 0. The van der Waals surface area contributed by atoms with E-state index in [2.05, 4.69) is 5.32 Å². The van der Waals surface area contributed by atoms with Crippen LogP contribution >= 0.6 is 0 Å². The zero-order valence-corrected chi connectivity index (χ0v) is 14.8. The largest absolute Gasteiger partial charge is 0.493 e. The first-order chi connectivity index (χ1) is 13.0. The third kappa shape index (κ3) is 4.08. The van der Waals surface area contributed by atoms with E-state index in [4.69, 9.17) is 9.47 Å². The van der Waals surface area contributed by atoms with Crippen LogP contribution in [0.1, 0.15) is 22.7 Å². The van der Waals surface area contributed by atoms with Crippen molar-refractivity contribution in [2.75, 3.05) is 12.4 Å². The molecule has 2 aromatic carbocycles. The molecule has 0 aliphatic rings. The van der Waals surface area contributed by atoms with Crippen molar-refractivity contribution in [3.8, 4) is 17.2 Å². The zero-order chi connectivity index (χ0) is 19.4. The highest BCUT2D eigenvalue weighted by Crippen LogP contribution is 2.31. The number of ether oxygens (including phenoxy) is 2. The Kier molecular flexibility index (Phi) is 5.40. The summed E-state index contributed by atoms with van der Waals surface area (Å²) in [7, 11) is 1.55. The van der Waals surface area contributed by atoms with E-state index in [-0.39, 0.29) is 5.69 Å². The average Bonchev–Trinajstić information content (AvgIpc) is 3.05. The molecule has 0 aliphatic heterocycles. The first-order valence-corrected chi connectivity index (χ1v) is 8.18. The number of carbonyl (C=O) groups excluding carboxylic acids is 1. The smallest absolute Gasteiger partial charge is 0.319 e. The lowest BCUT2D eigenvalue weighted by molar-refractivity contribution is 0.0632. The summed E-state index contributed by atoms with van der Waals surface area (Å²) in [6.07, 6.45) is 0. The van der Waals surface area contributed by atoms with Gasteiger partial charge in [0.25, 0.3) is 5.91 Å². The normalized spacial score (nSPS) is 10.7. The standard InChI is InChI=1S/C20H18F2N2O3/c1-13-7-12-16(24(13)20(21)22)19(25)23-14-8-10-15(11-9-14)27-18-6-4-3-5-17(18)26-2/h3-12,20H,1-2H3,(H,23,25). The molecule has 140 valence electrons. The van der Waals surface area contributed by atoms with Crippen molar-refractivity contribution in [3.63, 3.8) is 0 Å². The monoisotopic (exact) mass is 372 g/mol. The molecule has 0 bridgehead atoms. The number of aryl methyl sites for hydroxylation is 1. The van der Waals surface area contributed by atoms with Gasteiger partial charge >= 0.3 is 6.55 Å². The van der Waals surface area contributed by atoms with Crippen LogP contribution in [0.3, 0.4) is 0 Å². The number of nitrogens with zero attached hydrogens (tertiary/aromatic N) is 1. The maximum atomic E-state index is 13.1. The van der Waals surface area contributed by atoms with Crippen molar-refractivity contribution in [2.24, 2.45) is 0 Å². The van der Waals surface area contributed by atoms with E-state index < -0.39 is 12.5 Å². The molecule has 1 N–H and O–H groups in total. The number of aromatic nitrogens is 1. The Morgan fingerprint density at radius 3 is 2.30 bits per heavy atom. The SMILES string of the molecule is COc1ccccc1Oc1ccc(NC(=O)c2ccc(C)n2C(F)F)cc1. The minimum Gasteiger partial charge on any atom is -0.493 e. The second-order valence-corrected chi connectivity index (χ2v) is 5.74. The number of anilines is 1. The topological polar surface area (TPSA) is 52.5 Å². The number of halogens is 2. The second kappa shape index (κ2) is 7.90. The number of benzene rings is 2. The number of nitrogens with one attached hydrogen (secondary N) is 1. The van der Waals surface area contributed by atoms with Gasteiger partial charge in [0, 0.05) is 11.4 Å². The summed E-state index contributed by atoms with van der Waals surface area (Å²) in [5.41, 5.74) is 0.680. The number of para-hydroxylation sites is 2. The van der Waals surface area contributed by atoms with Gasteiger partial charge in [-0.3, -0.25) is 9.36 Å². The van der Waals surface area contributed by atoms with Crippen molar-refractivity contribution < 1.29 is 23.0 Å². The summed E-state index contributed by atoms with van der Waals surface area (Å²) in [5.74, 6) is 1.09. The third-order valence-electron chi connectivity index (χ3n) is 3.96. The molecule has 0 saturated heterocycles. The quantitative estimate of drug-likeness (QED) is 0.643. The predicted molar refractivity (Wildman–Crippen MR) is 97.9 cm³/mol. The van der Waals surface area contributed by atoms with E-state index in [0.717, 1.165) is 0 Å². The molecule has 3 aromatic rings. The Hall–Kier alpha value is -3.35. The van der Waals surface area contributed by atoms with E-state index in [1.54, 1.807) is 43.5 Å². The van der Waals surface area contributed by atoms with Gasteiger partial charge < -0.3 is 14.8 Å². The summed E-state index contributed by atoms with van der Waals surface area (Å²) in [6, 6.07) is 16.7. The molecule has 5 nitrogen and oxygen atoms in total. The molecule has 1 aromatic heterocycles. The van der Waals surface area contributed by atoms with Crippen LogP contribution in [0.15, 0.2) is 60.7 Å².